The molecule has 0 saturated heterocycles. The Morgan fingerprint density at radius 3 is 2.57 bits per heavy atom. The molecule has 0 spiro atoms. The van der Waals surface area contributed by atoms with E-state index < -0.39 is 4.92 Å². The number of imidazole rings is 1. The molecule has 0 fully saturated rings. The van der Waals surface area contributed by atoms with Gasteiger partial charge in [0, 0.05) is 36.4 Å². The van der Waals surface area contributed by atoms with Gasteiger partial charge in [-0.05, 0) is 30.7 Å². The van der Waals surface area contributed by atoms with Crippen LogP contribution in [-0.2, 0) is 0 Å². The lowest BCUT2D eigenvalue weighted by atomic mass is 10.0. The molecule has 6 nitrogen and oxygen atoms in total. The molecule has 0 radical (unpaired) electrons. The van der Waals surface area contributed by atoms with Gasteiger partial charge in [-0.15, -0.1) is 0 Å². The summed E-state index contributed by atoms with van der Waals surface area (Å²) in [5.41, 5.74) is 10.6. The van der Waals surface area contributed by atoms with Gasteiger partial charge in [0.25, 0.3) is 5.69 Å². The van der Waals surface area contributed by atoms with Crippen molar-refractivity contribution in [2.75, 3.05) is 6.54 Å². The summed E-state index contributed by atoms with van der Waals surface area (Å²) in [6.45, 7) is 4.59. The molecule has 3 rings (SSSR count). The topological polar surface area (TPSA) is 86.5 Å². The van der Waals surface area contributed by atoms with Gasteiger partial charge in [-0.2, -0.15) is 0 Å². The number of benzene rings is 1. The number of pyridine rings is 1. The van der Waals surface area contributed by atoms with E-state index in [0.717, 1.165) is 28.2 Å². The van der Waals surface area contributed by atoms with Gasteiger partial charge in [0.05, 0.1) is 16.3 Å². The van der Waals surface area contributed by atoms with E-state index in [1.165, 1.54) is 12.1 Å². The van der Waals surface area contributed by atoms with E-state index in [1.54, 1.807) is 12.1 Å². The van der Waals surface area contributed by atoms with Crippen molar-refractivity contribution in [1.82, 2.24) is 9.38 Å². The smallest absolute Gasteiger partial charge is 0.269 e. The molecule has 0 aliphatic rings. The van der Waals surface area contributed by atoms with Crippen molar-refractivity contribution in [1.29, 1.82) is 0 Å². The van der Waals surface area contributed by atoms with Crippen molar-refractivity contribution in [2.24, 2.45) is 5.73 Å². The van der Waals surface area contributed by atoms with E-state index in [0.29, 0.717) is 6.54 Å². The number of nitro groups is 1. The number of aryl methyl sites for hydroxylation is 1. The molecular formula is C17H18N4O2. The standard InChI is InChI=1S/C17H18N4O2/c1-11-3-8-15-19-16(17(12(2)9-18)20(15)10-11)13-4-6-14(7-5-13)21(22)23/h3-8,10,12H,9,18H2,1-2H3. The Hall–Kier alpha value is -2.73. The second-order valence-corrected chi connectivity index (χ2v) is 5.72. The number of aromatic nitrogens is 2. The number of hydrogen-bond donors (Lipinski definition) is 1. The zero-order chi connectivity index (χ0) is 16.6. The van der Waals surface area contributed by atoms with Crippen LogP contribution in [-0.4, -0.2) is 20.9 Å². The highest BCUT2D eigenvalue weighted by Crippen LogP contribution is 2.31. The van der Waals surface area contributed by atoms with Gasteiger partial charge in [-0.3, -0.25) is 10.1 Å². The first-order chi connectivity index (χ1) is 11.0. The molecule has 0 aliphatic heterocycles. The van der Waals surface area contributed by atoms with Crippen molar-refractivity contribution in [3.8, 4) is 11.3 Å². The Morgan fingerprint density at radius 2 is 1.96 bits per heavy atom. The molecule has 1 atom stereocenters. The van der Waals surface area contributed by atoms with Crippen LogP contribution in [0.25, 0.3) is 16.9 Å². The first kappa shape index (κ1) is 15.2. The van der Waals surface area contributed by atoms with Crippen LogP contribution >= 0.6 is 0 Å². The molecule has 118 valence electrons. The van der Waals surface area contributed by atoms with Crippen LogP contribution in [0.5, 0.6) is 0 Å². The highest BCUT2D eigenvalue weighted by Gasteiger charge is 2.19. The van der Waals surface area contributed by atoms with Crippen LogP contribution in [0.2, 0.25) is 0 Å². The van der Waals surface area contributed by atoms with Gasteiger partial charge in [-0.25, -0.2) is 4.98 Å². The summed E-state index contributed by atoms with van der Waals surface area (Å²) in [4.78, 5) is 15.1. The highest BCUT2D eigenvalue weighted by atomic mass is 16.6. The number of nitrogens with two attached hydrogens (primary N) is 1. The molecule has 0 saturated carbocycles. The van der Waals surface area contributed by atoms with Gasteiger partial charge in [0.1, 0.15) is 5.65 Å². The third kappa shape index (κ3) is 2.68. The SMILES string of the molecule is Cc1ccc2nc(-c3ccc([N+](=O)[O-])cc3)c(C(C)CN)n2c1. The van der Waals surface area contributed by atoms with Crippen LogP contribution in [0.3, 0.4) is 0 Å². The monoisotopic (exact) mass is 310 g/mol. The molecular weight excluding hydrogens is 292 g/mol. The minimum absolute atomic E-state index is 0.0711. The Balaban J connectivity index is 2.21. The molecule has 2 heterocycles. The molecule has 3 aromatic rings. The van der Waals surface area contributed by atoms with E-state index in [1.807, 2.05) is 25.3 Å². The molecule has 2 N–H and O–H groups in total. The number of nitrogens with zero attached hydrogens (tertiary/aromatic N) is 3. The number of nitro benzene ring substituents is 1. The number of fused-ring (bicyclic) bond motifs is 1. The van der Waals surface area contributed by atoms with Crippen molar-refractivity contribution < 1.29 is 4.92 Å². The molecule has 0 amide bonds. The lowest BCUT2D eigenvalue weighted by Crippen LogP contribution is -2.12. The quantitative estimate of drug-likeness (QED) is 0.592. The Bertz CT molecular complexity index is 868. The van der Waals surface area contributed by atoms with Crippen LogP contribution in [0.15, 0.2) is 42.6 Å². The first-order valence-electron chi connectivity index (χ1n) is 7.44. The summed E-state index contributed by atoms with van der Waals surface area (Å²) < 4.78 is 2.06. The lowest BCUT2D eigenvalue weighted by Gasteiger charge is -2.12. The van der Waals surface area contributed by atoms with Gasteiger partial charge < -0.3 is 10.1 Å². The van der Waals surface area contributed by atoms with E-state index in [4.69, 9.17) is 10.7 Å². The van der Waals surface area contributed by atoms with Crippen molar-refractivity contribution in [3.63, 3.8) is 0 Å². The minimum atomic E-state index is -0.403. The van der Waals surface area contributed by atoms with Gasteiger partial charge >= 0.3 is 0 Å². The molecule has 1 unspecified atom stereocenters. The van der Waals surface area contributed by atoms with Crippen molar-refractivity contribution in [3.05, 3.63) is 64.0 Å². The minimum Gasteiger partial charge on any atom is -0.330 e. The predicted molar refractivity (Wildman–Crippen MR) is 89.5 cm³/mol. The van der Waals surface area contributed by atoms with E-state index >= 15 is 0 Å². The molecule has 0 bridgehead atoms. The average Bonchev–Trinajstić information content (AvgIpc) is 2.92. The lowest BCUT2D eigenvalue weighted by molar-refractivity contribution is -0.384. The summed E-state index contributed by atoms with van der Waals surface area (Å²) in [6.07, 6.45) is 2.04. The number of non-ortho nitro benzene ring substituents is 1. The van der Waals surface area contributed by atoms with Gasteiger partial charge in [0.15, 0.2) is 0 Å². The summed E-state index contributed by atoms with van der Waals surface area (Å²) in [5, 5.41) is 10.8. The van der Waals surface area contributed by atoms with Crippen molar-refractivity contribution in [2.45, 2.75) is 19.8 Å². The van der Waals surface area contributed by atoms with Gasteiger partial charge in [0.2, 0.25) is 0 Å². The maximum absolute atomic E-state index is 10.8. The van der Waals surface area contributed by atoms with Gasteiger partial charge in [-0.1, -0.05) is 13.0 Å². The zero-order valence-electron chi connectivity index (χ0n) is 13.1. The number of rotatable bonds is 4. The number of hydrogen-bond acceptors (Lipinski definition) is 4. The van der Waals surface area contributed by atoms with Crippen LogP contribution in [0.4, 0.5) is 5.69 Å². The second-order valence-electron chi connectivity index (χ2n) is 5.72. The fourth-order valence-corrected chi connectivity index (χ4v) is 2.70. The fourth-order valence-electron chi connectivity index (χ4n) is 2.70. The largest absolute Gasteiger partial charge is 0.330 e. The first-order valence-corrected chi connectivity index (χ1v) is 7.44. The summed E-state index contributed by atoms with van der Waals surface area (Å²) in [5.74, 6) is 0.122. The average molecular weight is 310 g/mol. The van der Waals surface area contributed by atoms with Crippen LogP contribution in [0.1, 0.15) is 24.1 Å². The normalized spacial score (nSPS) is 12.5. The highest BCUT2D eigenvalue weighted by molar-refractivity contribution is 5.68. The predicted octanol–water partition coefficient (Wildman–Crippen LogP) is 3.28. The van der Waals surface area contributed by atoms with Crippen molar-refractivity contribution >= 4 is 11.3 Å². The Kier molecular flexibility index (Phi) is 3.83. The fraction of sp³-hybridized carbons (Fsp3) is 0.235. The summed E-state index contributed by atoms with van der Waals surface area (Å²) in [6, 6.07) is 10.5. The van der Waals surface area contributed by atoms with Crippen LogP contribution < -0.4 is 5.73 Å². The molecule has 0 aliphatic carbocycles. The van der Waals surface area contributed by atoms with E-state index in [2.05, 4.69) is 11.3 Å². The summed E-state index contributed by atoms with van der Waals surface area (Å²) >= 11 is 0. The molecule has 23 heavy (non-hydrogen) atoms. The summed E-state index contributed by atoms with van der Waals surface area (Å²) in [7, 11) is 0. The Labute approximate surface area is 133 Å². The molecule has 1 aromatic carbocycles. The van der Waals surface area contributed by atoms with E-state index in [9.17, 15) is 10.1 Å². The molecule has 6 heteroatoms. The second kappa shape index (κ2) is 5.81. The third-order valence-corrected chi connectivity index (χ3v) is 3.98. The van der Waals surface area contributed by atoms with E-state index in [-0.39, 0.29) is 11.6 Å². The maximum Gasteiger partial charge on any atom is 0.269 e. The Morgan fingerprint density at radius 1 is 1.26 bits per heavy atom. The zero-order valence-corrected chi connectivity index (χ0v) is 13.1. The molecule has 2 aromatic heterocycles. The third-order valence-electron chi connectivity index (χ3n) is 3.98. The van der Waals surface area contributed by atoms with Crippen LogP contribution in [0, 0.1) is 17.0 Å². The maximum atomic E-state index is 10.8.